The molecule has 0 aliphatic carbocycles. The minimum Gasteiger partial charge on any atom is -0.490 e. The molecule has 2 aromatic carbocycles. The fourth-order valence-corrected chi connectivity index (χ4v) is 2.45. The lowest BCUT2D eigenvalue weighted by Gasteiger charge is -2.05. The third-order valence-corrected chi connectivity index (χ3v) is 3.71. The molecule has 1 N–H and O–H groups in total. The van der Waals surface area contributed by atoms with Crippen molar-refractivity contribution in [3.8, 4) is 5.75 Å². The first-order valence-electron chi connectivity index (χ1n) is 7.78. The summed E-state index contributed by atoms with van der Waals surface area (Å²) in [5.74, 6) is -0.0243. The third kappa shape index (κ3) is 3.86. The molecule has 0 bridgehead atoms. The quantitative estimate of drug-likeness (QED) is 0.543. The molecule has 132 valence electrons. The molecule has 1 aromatic heterocycles. The van der Waals surface area contributed by atoms with E-state index in [-0.39, 0.29) is 17.0 Å². The molecular formula is C18H16N4O4. The average Bonchev–Trinajstić information content (AvgIpc) is 3.08. The summed E-state index contributed by atoms with van der Waals surface area (Å²) in [5.41, 5.74) is 0.962. The van der Waals surface area contributed by atoms with Crippen LogP contribution >= 0.6 is 0 Å². The molecule has 0 radical (unpaired) electrons. The van der Waals surface area contributed by atoms with Gasteiger partial charge in [-0.05, 0) is 17.7 Å². The molecule has 3 aromatic rings. The maximum absolute atomic E-state index is 12.3. The summed E-state index contributed by atoms with van der Waals surface area (Å²) in [4.78, 5) is 22.8. The van der Waals surface area contributed by atoms with Gasteiger partial charge in [0.2, 0.25) is 0 Å². The predicted octanol–water partition coefficient (Wildman–Crippen LogP) is 3.10. The highest BCUT2D eigenvalue weighted by Gasteiger charge is 2.18. The number of ether oxygens (including phenoxy) is 1. The second kappa shape index (κ2) is 7.47. The van der Waals surface area contributed by atoms with E-state index >= 15 is 0 Å². The van der Waals surface area contributed by atoms with Crippen molar-refractivity contribution in [2.45, 2.75) is 6.54 Å². The number of methoxy groups -OCH3 is 1. The molecule has 0 unspecified atom stereocenters. The van der Waals surface area contributed by atoms with Gasteiger partial charge in [0.05, 0.1) is 18.6 Å². The van der Waals surface area contributed by atoms with E-state index in [9.17, 15) is 14.9 Å². The highest BCUT2D eigenvalue weighted by atomic mass is 16.6. The zero-order valence-electron chi connectivity index (χ0n) is 14.0. The van der Waals surface area contributed by atoms with E-state index in [1.165, 1.54) is 25.3 Å². The minimum atomic E-state index is -0.593. The molecule has 1 amide bonds. The van der Waals surface area contributed by atoms with Gasteiger partial charge in [-0.2, -0.15) is 5.10 Å². The Morgan fingerprint density at radius 2 is 2.00 bits per heavy atom. The second-order valence-electron chi connectivity index (χ2n) is 5.48. The fraction of sp³-hybridized carbons (Fsp3) is 0.111. The number of nitro benzene ring substituents is 1. The van der Waals surface area contributed by atoms with E-state index in [1.807, 2.05) is 30.3 Å². The van der Waals surface area contributed by atoms with Crippen LogP contribution in [-0.4, -0.2) is 27.7 Å². The summed E-state index contributed by atoms with van der Waals surface area (Å²) >= 11 is 0. The van der Waals surface area contributed by atoms with Crippen LogP contribution in [0.2, 0.25) is 0 Å². The third-order valence-electron chi connectivity index (χ3n) is 3.71. The highest BCUT2D eigenvalue weighted by Crippen LogP contribution is 2.27. The Labute approximate surface area is 149 Å². The first-order valence-corrected chi connectivity index (χ1v) is 7.78. The van der Waals surface area contributed by atoms with Crippen LogP contribution in [0, 0.1) is 10.1 Å². The van der Waals surface area contributed by atoms with Crippen LogP contribution < -0.4 is 10.1 Å². The standard InChI is InChI=1S/C18H16N4O4/c1-26-16-8-7-14(11-15(16)22(24)25)18(23)19-17-9-10-21(20-17)12-13-5-3-2-4-6-13/h2-11H,12H2,1H3,(H,19,20,23). The number of benzene rings is 2. The van der Waals surface area contributed by atoms with Crippen molar-refractivity contribution < 1.29 is 14.5 Å². The van der Waals surface area contributed by atoms with E-state index in [0.717, 1.165) is 5.56 Å². The Kier molecular flexibility index (Phi) is 4.93. The zero-order valence-corrected chi connectivity index (χ0v) is 14.0. The first kappa shape index (κ1) is 17.2. The topological polar surface area (TPSA) is 99.3 Å². The molecule has 0 fully saturated rings. The van der Waals surface area contributed by atoms with Gasteiger partial charge in [0, 0.05) is 23.9 Å². The maximum atomic E-state index is 12.3. The summed E-state index contributed by atoms with van der Waals surface area (Å²) in [6.45, 7) is 0.574. The van der Waals surface area contributed by atoms with E-state index in [0.29, 0.717) is 12.4 Å². The van der Waals surface area contributed by atoms with Crippen molar-refractivity contribution in [2.24, 2.45) is 0 Å². The number of nitrogens with one attached hydrogen (secondary N) is 1. The van der Waals surface area contributed by atoms with Gasteiger partial charge in [-0.1, -0.05) is 30.3 Å². The first-order chi connectivity index (χ1) is 12.6. The summed E-state index contributed by atoms with van der Waals surface area (Å²) in [6.07, 6.45) is 1.75. The average molecular weight is 352 g/mol. The molecule has 0 aliphatic heterocycles. The number of rotatable bonds is 6. The number of carbonyl (C=O) groups is 1. The van der Waals surface area contributed by atoms with Crippen molar-refractivity contribution in [1.29, 1.82) is 0 Å². The van der Waals surface area contributed by atoms with Crippen LogP contribution in [0.3, 0.4) is 0 Å². The molecule has 0 aliphatic rings. The van der Waals surface area contributed by atoms with Gasteiger partial charge in [-0.15, -0.1) is 0 Å². The number of nitrogens with zero attached hydrogens (tertiary/aromatic N) is 3. The number of carbonyl (C=O) groups excluding carboxylic acids is 1. The van der Waals surface area contributed by atoms with Gasteiger partial charge < -0.3 is 10.1 Å². The highest BCUT2D eigenvalue weighted by molar-refractivity contribution is 6.04. The van der Waals surface area contributed by atoms with Crippen molar-refractivity contribution >= 4 is 17.4 Å². The lowest BCUT2D eigenvalue weighted by atomic mass is 10.1. The number of hydrogen-bond donors (Lipinski definition) is 1. The van der Waals surface area contributed by atoms with Crippen molar-refractivity contribution in [2.75, 3.05) is 12.4 Å². The number of hydrogen-bond acceptors (Lipinski definition) is 5. The molecule has 0 saturated carbocycles. The molecular weight excluding hydrogens is 336 g/mol. The Bertz CT molecular complexity index is 937. The Hall–Kier alpha value is -3.68. The van der Waals surface area contributed by atoms with Gasteiger partial charge in [-0.25, -0.2) is 0 Å². The maximum Gasteiger partial charge on any atom is 0.311 e. The fourth-order valence-electron chi connectivity index (χ4n) is 2.45. The second-order valence-corrected chi connectivity index (χ2v) is 5.48. The monoisotopic (exact) mass is 352 g/mol. The van der Waals surface area contributed by atoms with Crippen LogP contribution in [-0.2, 0) is 6.54 Å². The lowest BCUT2D eigenvalue weighted by Crippen LogP contribution is -2.13. The Morgan fingerprint density at radius 3 is 2.69 bits per heavy atom. The van der Waals surface area contributed by atoms with Crippen molar-refractivity contribution in [3.63, 3.8) is 0 Å². The molecule has 0 saturated heterocycles. The Balaban J connectivity index is 1.72. The van der Waals surface area contributed by atoms with E-state index in [2.05, 4.69) is 10.4 Å². The zero-order chi connectivity index (χ0) is 18.5. The van der Waals surface area contributed by atoms with Crippen LogP contribution in [0.5, 0.6) is 5.75 Å². The summed E-state index contributed by atoms with van der Waals surface area (Å²) in [7, 11) is 1.33. The van der Waals surface area contributed by atoms with Crippen LogP contribution in [0.25, 0.3) is 0 Å². The number of anilines is 1. The largest absolute Gasteiger partial charge is 0.490 e. The normalized spacial score (nSPS) is 10.3. The molecule has 8 heteroatoms. The number of nitro groups is 1. The van der Waals surface area contributed by atoms with E-state index in [1.54, 1.807) is 16.9 Å². The van der Waals surface area contributed by atoms with Crippen molar-refractivity contribution in [1.82, 2.24) is 9.78 Å². The summed E-state index contributed by atoms with van der Waals surface area (Å²) in [6, 6.07) is 15.5. The van der Waals surface area contributed by atoms with Gasteiger partial charge >= 0.3 is 5.69 Å². The summed E-state index contributed by atoms with van der Waals surface area (Å²) in [5, 5.41) is 18.0. The van der Waals surface area contributed by atoms with Crippen LogP contribution in [0.4, 0.5) is 11.5 Å². The summed E-state index contributed by atoms with van der Waals surface area (Å²) < 4.78 is 6.63. The molecule has 0 spiro atoms. The van der Waals surface area contributed by atoms with Crippen molar-refractivity contribution in [3.05, 3.63) is 82.0 Å². The number of aromatic nitrogens is 2. The molecule has 1 heterocycles. The van der Waals surface area contributed by atoms with Crippen LogP contribution in [0.15, 0.2) is 60.8 Å². The lowest BCUT2D eigenvalue weighted by molar-refractivity contribution is -0.385. The SMILES string of the molecule is COc1ccc(C(=O)Nc2ccn(Cc3ccccc3)n2)cc1[N+](=O)[O-]. The Morgan fingerprint density at radius 1 is 1.23 bits per heavy atom. The number of amides is 1. The van der Waals surface area contributed by atoms with Gasteiger partial charge in [0.25, 0.3) is 5.91 Å². The minimum absolute atomic E-state index is 0.0960. The molecule has 26 heavy (non-hydrogen) atoms. The predicted molar refractivity (Wildman–Crippen MR) is 95.4 cm³/mol. The smallest absolute Gasteiger partial charge is 0.311 e. The molecule has 0 atom stereocenters. The van der Waals surface area contributed by atoms with Gasteiger partial charge in [0.15, 0.2) is 11.6 Å². The molecule has 3 rings (SSSR count). The van der Waals surface area contributed by atoms with Gasteiger partial charge in [0.1, 0.15) is 0 Å². The van der Waals surface area contributed by atoms with E-state index in [4.69, 9.17) is 4.74 Å². The van der Waals surface area contributed by atoms with Crippen LogP contribution in [0.1, 0.15) is 15.9 Å². The molecule has 8 nitrogen and oxygen atoms in total. The van der Waals surface area contributed by atoms with Gasteiger partial charge in [-0.3, -0.25) is 19.6 Å². The van der Waals surface area contributed by atoms with E-state index < -0.39 is 10.8 Å².